The Labute approximate surface area is 141 Å². The number of amides is 1. The van der Waals surface area contributed by atoms with E-state index >= 15 is 0 Å². The lowest BCUT2D eigenvalue weighted by Gasteiger charge is -2.33. The molecule has 1 amide bonds. The van der Waals surface area contributed by atoms with Gasteiger partial charge >= 0.3 is 0 Å². The van der Waals surface area contributed by atoms with Crippen molar-refractivity contribution in [2.75, 3.05) is 39.4 Å². The molecule has 3 aliphatic heterocycles. The first kappa shape index (κ1) is 16.1. The normalized spacial score (nSPS) is 31.2. The summed E-state index contributed by atoms with van der Waals surface area (Å²) in [6.45, 7) is 7.22. The fourth-order valence-corrected chi connectivity index (χ4v) is 4.01. The summed E-state index contributed by atoms with van der Waals surface area (Å²) < 4.78 is 16.6. The Morgan fingerprint density at radius 3 is 2.92 bits per heavy atom. The molecule has 1 aromatic heterocycles. The van der Waals surface area contributed by atoms with Crippen molar-refractivity contribution in [3.8, 4) is 0 Å². The van der Waals surface area contributed by atoms with Gasteiger partial charge in [0.1, 0.15) is 11.9 Å². The molecule has 0 aliphatic carbocycles. The molecular weight excluding hydrogens is 310 g/mol. The number of aryl methyl sites for hydroxylation is 1. The second-order valence-electron chi connectivity index (χ2n) is 7.05. The molecule has 0 radical (unpaired) electrons. The van der Waals surface area contributed by atoms with Crippen LogP contribution in [0.2, 0.25) is 0 Å². The fraction of sp³-hybridized carbons (Fsp3) is 0.765. The molecule has 0 bridgehead atoms. The van der Waals surface area contributed by atoms with Crippen molar-refractivity contribution in [3.05, 3.63) is 17.5 Å². The zero-order valence-corrected chi connectivity index (χ0v) is 14.1. The van der Waals surface area contributed by atoms with Crippen LogP contribution < -0.4 is 0 Å². The highest BCUT2D eigenvalue weighted by molar-refractivity contribution is 5.81. The Hall–Kier alpha value is -1.44. The highest BCUT2D eigenvalue weighted by Gasteiger charge is 2.43. The van der Waals surface area contributed by atoms with Gasteiger partial charge in [0.2, 0.25) is 0 Å². The second-order valence-corrected chi connectivity index (χ2v) is 7.05. The summed E-state index contributed by atoms with van der Waals surface area (Å²) in [4.78, 5) is 16.9. The molecular formula is C17H25N3O4. The Bertz CT molecular complexity index is 584. The third kappa shape index (κ3) is 3.34. The van der Waals surface area contributed by atoms with Gasteiger partial charge in [0.15, 0.2) is 0 Å². The summed E-state index contributed by atoms with van der Waals surface area (Å²) in [7, 11) is 0. The van der Waals surface area contributed by atoms with E-state index in [-0.39, 0.29) is 18.1 Å². The SMILES string of the molecule is Cc1cc(CN2CC[C@H]3C[C@@H](C(=O)N4CCOCC4)O[C@H]3C2)no1. The van der Waals surface area contributed by atoms with Crippen LogP contribution in [0, 0.1) is 12.8 Å². The Kier molecular flexibility index (Phi) is 4.56. The monoisotopic (exact) mass is 335 g/mol. The Morgan fingerprint density at radius 2 is 2.17 bits per heavy atom. The van der Waals surface area contributed by atoms with Gasteiger partial charge in [0.25, 0.3) is 5.91 Å². The van der Waals surface area contributed by atoms with Crippen LogP contribution in [0.3, 0.4) is 0 Å². The average molecular weight is 335 g/mol. The van der Waals surface area contributed by atoms with E-state index in [2.05, 4.69) is 10.1 Å². The second kappa shape index (κ2) is 6.82. The van der Waals surface area contributed by atoms with E-state index in [4.69, 9.17) is 14.0 Å². The number of morpholine rings is 1. The Balaban J connectivity index is 1.32. The largest absolute Gasteiger partial charge is 0.378 e. The van der Waals surface area contributed by atoms with Gasteiger partial charge in [0, 0.05) is 32.2 Å². The summed E-state index contributed by atoms with van der Waals surface area (Å²) >= 11 is 0. The van der Waals surface area contributed by atoms with Gasteiger partial charge in [-0.25, -0.2) is 0 Å². The summed E-state index contributed by atoms with van der Waals surface area (Å²) in [5, 5.41) is 4.07. The number of rotatable bonds is 3. The maximum atomic E-state index is 12.6. The molecule has 3 fully saturated rings. The van der Waals surface area contributed by atoms with Crippen LogP contribution in [-0.2, 0) is 20.8 Å². The number of likely N-dealkylation sites (tertiary alicyclic amines) is 1. The van der Waals surface area contributed by atoms with E-state index in [1.54, 1.807) is 0 Å². The van der Waals surface area contributed by atoms with Crippen LogP contribution in [0.5, 0.6) is 0 Å². The van der Waals surface area contributed by atoms with E-state index in [0.29, 0.717) is 32.2 Å². The molecule has 0 unspecified atom stereocenters. The maximum Gasteiger partial charge on any atom is 0.251 e. The summed E-state index contributed by atoms with van der Waals surface area (Å²) in [5.74, 6) is 1.48. The van der Waals surface area contributed by atoms with Crippen LogP contribution in [-0.4, -0.2) is 72.5 Å². The first-order valence-electron chi connectivity index (χ1n) is 8.85. The molecule has 0 aromatic carbocycles. The number of carbonyl (C=O) groups excluding carboxylic acids is 1. The Morgan fingerprint density at radius 1 is 1.33 bits per heavy atom. The number of aromatic nitrogens is 1. The van der Waals surface area contributed by atoms with Gasteiger partial charge < -0.3 is 18.9 Å². The van der Waals surface area contributed by atoms with Crippen molar-refractivity contribution < 1.29 is 18.8 Å². The van der Waals surface area contributed by atoms with Crippen molar-refractivity contribution in [1.82, 2.24) is 15.0 Å². The quantitative estimate of drug-likeness (QED) is 0.815. The molecule has 4 heterocycles. The molecule has 0 spiro atoms. The third-order valence-electron chi connectivity index (χ3n) is 5.30. The van der Waals surface area contributed by atoms with Crippen LogP contribution in [0.15, 0.2) is 10.6 Å². The van der Waals surface area contributed by atoms with E-state index in [1.807, 2.05) is 17.9 Å². The first-order chi connectivity index (χ1) is 11.7. The topological polar surface area (TPSA) is 68.0 Å². The lowest BCUT2D eigenvalue weighted by atomic mass is 9.91. The minimum Gasteiger partial charge on any atom is -0.378 e. The summed E-state index contributed by atoms with van der Waals surface area (Å²) in [6, 6.07) is 1.98. The van der Waals surface area contributed by atoms with Gasteiger partial charge in [-0.05, 0) is 32.2 Å². The van der Waals surface area contributed by atoms with Gasteiger partial charge in [-0.2, -0.15) is 0 Å². The highest BCUT2D eigenvalue weighted by Crippen LogP contribution is 2.34. The van der Waals surface area contributed by atoms with E-state index in [0.717, 1.165) is 43.9 Å². The lowest BCUT2D eigenvalue weighted by molar-refractivity contribution is -0.147. The third-order valence-corrected chi connectivity index (χ3v) is 5.30. The number of hydrogen-bond acceptors (Lipinski definition) is 6. The smallest absolute Gasteiger partial charge is 0.251 e. The van der Waals surface area contributed by atoms with Crippen molar-refractivity contribution >= 4 is 5.91 Å². The van der Waals surface area contributed by atoms with Crippen molar-refractivity contribution in [2.45, 2.75) is 38.5 Å². The van der Waals surface area contributed by atoms with E-state index < -0.39 is 0 Å². The molecule has 4 rings (SSSR count). The molecule has 1 aromatic rings. The average Bonchev–Trinajstić information content (AvgIpc) is 3.20. The lowest BCUT2D eigenvalue weighted by Crippen LogP contribution is -2.46. The molecule has 132 valence electrons. The maximum absolute atomic E-state index is 12.6. The highest BCUT2D eigenvalue weighted by atomic mass is 16.5. The van der Waals surface area contributed by atoms with Crippen LogP contribution in [0.1, 0.15) is 24.3 Å². The number of piperidine rings is 1. The minimum absolute atomic E-state index is 0.145. The number of nitrogens with zero attached hydrogens (tertiary/aromatic N) is 3. The van der Waals surface area contributed by atoms with E-state index in [1.165, 1.54) is 0 Å². The van der Waals surface area contributed by atoms with Gasteiger partial charge in [0.05, 0.1) is 25.0 Å². The van der Waals surface area contributed by atoms with E-state index in [9.17, 15) is 4.79 Å². The molecule has 0 N–H and O–H groups in total. The predicted octanol–water partition coefficient (Wildman–Crippen LogP) is 0.821. The zero-order chi connectivity index (χ0) is 16.5. The van der Waals surface area contributed by atoms with Gasteiger partial charge in [-0.1, -0.05) is 5.16 Å². The van der Waals surface area contributed by atoms with Gasteiger partial charge in [-0.3, -0.25) is 9.69 Å². The zero-order valence-electron chi connectivity index (χ0n) is 14.1. The van der Waals surface area contributed by atoms with Crippen LogP contribution in [0.4, 0.5) is 0 Å². The standard InChI is InChI=1S/C17H25N3O4/c1-12-8-14(18-24-12)10-19-3-2-13-9-15(23-16(13)11-19)17(21)20-4-6-22-7-5-20/h8,13,15-16H,2-7,9-11H2,1H3/t13-,15-,16-/m0/s1. The molecule has 7 heteroatoms. The number of fused-ring (bicyclic) bond motifs is 1. The molecule has 7 nitrogen and oxygen atoms in total. The predicted molar refractivity (Wildman–Crippen MR) is 85.3 cm³/mol. The summed E-state index contributed by atoms with van der Waals surface area (Å²) in [6.07, 6.45) is 1.82. The molecule has 0 saturated carbocycles. The minimum atomic E-state index is -0.271. The summed E-state index contributed by atoms with van der Waals surface area (Å²) in [5.41, 5.74) is 0.963. The van der Waals surface area contributed by atoms with Crippen LogP contribution in [0.25, 0.3) is 0 Å². The van der Waals surface area contributed by atoms with Crippen molar-refractivity contribution in [3.63, 3.8) is 0 Å². The number of carbonyl (C=O) groups is 1. The molecule has 3 saturated heterocycles. The van der Waals surface area contributed by atoms with Crippen LogP contribution >= 0.6 is 0 Å². The molecule has 24 heavy (non-hydrogen) atoms. The number of ether oxygens (including phenoxy) is 2. The van der Waals surface area contributed by atoms with Crippen molar-refractivity contribution in [1.29, 1.82) is 0 Å². The fourth-order valence-electron chi connectivity index (χ4n) is 4.01. The van der Waals surface area contributed by atoms with Gasteiger partial charge in [-0.15, -0.1) is 0 Å². The first-order valence-corrected chi connectivity index (χ1v) is 8.85. The number of hydrogen-bond donors (Lipinski definition) is 0. The van der Waals surface area contributed by atoms with Crippen molar-refractivity contribution in [2.24, 2.45) is 5.92 Å². The molecule has 3 atom stereocenters. The molecule has 3 aliphatic rings.